The number of alkyl halides is 5. The van der Waals surface area contributed by atoms with Gasteiger partial charge in [-0.1, -0.05) is 0 Å². The molecule has 0 unspecified atom stereocenters. The fraction of sp³-hybridized carbons (Fsp3) is 1.00. The van der Waals surface area contributed by atoms with Crippen LogP contribution in [0.3, 0.4) is 0 Å². The maximum Gasteiger partial charge on any atom is 0.384 e. The molecule has 0 bridgehead atoms. The Morgan fingerprint density at radius 1 is 1.06 bits per heavy atom. The van der Waals surface area contributed by atoms with E-state index in [9.17, 15) is 26.5 Å². The molecule has 2 N–H and O–H groups in total. The second kappa shape index (κ2) is 16.8. The highest BCUT2D eigenvalue weighted by atomic mass is 19.3. The number of ether oxygens (including phenoxy) is 1. The summed E-state index contributed by atoms with van der Waals surface area (Å²) in [4.78, 5) is 2.52. The number of hydrogen-bond donors (Lipinski definition) is 2. The third-order valence-corrected chi connectivity index (χ3v) is 0.573. The summed E-state index contributed by atoms with van der Waals surface area (Å²) in [5.74, 6) is 0. The summed E-state index contributed by atoms with van der Waals surface area (Å²) < 4.78 is 68.2. The van der Waals surface area contributed by atoms with Crippen LogP contribution in [0.5, 0.6) is 0 Å². The Kier molecular flexibility index (Phi) is 21.9. The summed E-state index contributed by atoms with van der Waals surface area (Å²) in [6, 6.07) is 0. The Morgan fingerprint density at radius 2 is 1.44 bits per heavy atom. The quantitative estimate of drug-likeness (QED) is 0.733. The molecule has 0 aromatic carbocycles. The first-order valence-corrected chi connectivity index (χ1v) is 3.60. The van der Waals surface area contributed by atoms with Crippen molar-refractivity contribution in [1.29, 1.82) is 0 Å². The van der Waals surface area contributed by atoms with Crippen molar-refractivity contribution in [3.63, 3.8) is 0 Å². The van der Waals surface area contributed by atoms with Crippen LogP contribution < -0.4 is 0 Å². The van der Waals surface area contributed by atoms with Crippen molar-refractivity contribution >= 4 is 0 Å². The van der Waals surface area contributed by atoms with Gasteiger partial charge in [0.15, 0.2) is 20.3 Å². The van der Waals surface area contributed by atoms with E-state index in [2.05, 4.69) is 9.68 Å². The van der Waals surface area contributed by atoms with E-state index in [1.807, 2.05) is 0 Å². The molecule has 0 saturated heterocycles. The minimum Gasteiger partial charge on any atom is -0.394 e. The largest absolute Gasteiger partial charge is 0.394 e. The van der Waals surface area contributed by atoms with Crippen molar-refractivity contribution < 1.29 is 46.4 Å². The molecule has 10 heteroatoms. The van der Waals surface area contributed by atoms with Gasteiger partial charge in [0.05, 0.1) is 6.61 Å². The summed E-state index contributed by atoms with van der Waals surface area (Å²) in [5.41, 5.74) is 0. The Hall–Kier alpha value is -0.580. The van der Waals surface area contributed by atoms with Gasteiger partial charge >= 0.3 is 6.11 Å². The van der Waals surface area contributed by atoms with Crippen molar-refractivity contribution in [3.8, 4) is 0 Å². The summed E-state index contributed by atoms with van der Waals surface area (Å²) in [5, 5.41) is 14.4. The number of hydrogen-bond acceptors (Lipinski definition) is 4. The van der Waals surface area contributed by atoms with Crippen molar-refractivity contribution in [3.05, 3.63) is 0 Å². The maximum atomic E-state index is 11.6. The zero-order valence-corrected chi connectivity index (χ0v) is 8.01. The van der Waals surface area contributed by atoms with Gasteiger partial charge in [-0.25, -0.2) is 13.2 Å². The number of aliphatic hydroxyl groups excluding tert-OH is 2. The summed E-state index contributed by atoms with van der Waals surface area (Å²) in [6.07, 6.45) is -3.87. The molecule has 4 nitrogen and oxygen atoms in total. The van der Waals surface area contributed by atoms with Gasteiger partial charge in [-0.05, 0) is 4.53 Å². The molecule has 0 atom stereocenters. The van der Waals surface area contributed by atoms with Crippen LogP contribution in [0.4, 0.5) is 26.5 Å². The van der Waals surface area contributed by atoms with Crippen LogP contribution in [0.15, 0.2) is 0 Å². The number of rotatable bonds is 5. The number of halogens is 6. The predicted molar refractivity (Wildman–Crippen MR) is 40.3 cm³/mol. The second-order valence-corrected chi connectivity index (χ2v) is 1.68. The topological polar surface area (TPSA) is 58.9 Å². The molecule has 0 spiro atoms. The van der Waals surface area contributed by atoms with E-state index in [0.29, 0.717) is 0 Å². The Morgan fingerprint density at radius 3 is 1.62 bits per heavy atom. The van der Waals surface area contributed by atoms with E-state index in [0.717, 1.165) is 0 Å². The van der Waals surface area contributed by atoms with E-state index in [-0.39, 0.29) is 6.61 Å². The van der Waals surface area contributed by atoms with Crippen LogP contribution in [-0.2, 0) is 9.68 Å². The van der Waals surface area contributed by atoms with Crippen LogP contribution in [0, 0.1) is 0 Å². The van der Waals surface area contributed by atoms with Gasteiger partial charge in [-0.15, -0.1) is 0 Å². The number of aliphatic hydroxyl groups is 2. The molecule has 102 valence electrons. The molecule has 0 aromatic heterocycles. The third-order valence-electron chi connectivity index (χ3n) is 0.573. The molecule has 16 heavy (non-hydrogen) atoms. The first kappa shape index (κ1) is 20.8. The van der Waals surface area contributed by atoms with E-state index in [4.69, 9.17) is 10.2 Å². The maximum absolute atomic E-state index is 11.6. The lowest BCUT2D eigenvalue weighted by atomic mass is 10.7. The molecule has 0 saturated carbocycles. The highest BCUT2D eigenvalue weighted by molar-refractivity contribution is 4.45. The molecule has 0 rings (SSSR count). The lowest BCUT2D eigenvalue weighted by Crippen LogP contribution is -2.25. The minimum absolute atomic E-state index is 0.347. The van der Waals surface area contributed by atoms with E-state index in [1.165, 1.54) is 0 Å². The first-order chi connectivity index (χ1) is 7.45. The van der Waals surface area contributed by atoms with Crippen molar-refractivity contribution in [2.24, 2.45) is 0 Å². The first-order valence-electron chi connectivity index (χ1n) is 3.60. The Bertz CT molecular complexity index is 107. The van der Waals surface area contributed by atoms with Crippen molar-refractivity contribution in [2.75, 3.05) is 33.6 Å². The van der Waals surface area contributed by atoms with Crippen molar-refractivity contribution in [2.45, 2.75) is 6.11 Å². The van der Waals surface area contributed by atoms with E-state index in [1.54, 1.807) is 0 Å². The summed E-state index contributed by atoms with van der Waals surface area (Å²) >= 11 is 0. The van der Waals surface area contributed by atoms with Crippen LogP contribution in [-0.4, -0.2) is 49.9 Å². The zero-order chi connectivity index (χ0) is 13.4. The van der Waals surface area contributed by atoms with Gasteiger partial charge in [-0.3, -0.25) is 4.74 Å². The molecule has 0 radical (unpaired) electrons. The Labute approximate surface area is 87.3 Å². The van der Waals surface area contributed by atoms with E-state index >= 15 is 0 Å². The van der Waals surface area contributed by atoms with Gasteiger partial charge in [-0.2, -0.15) is 13.7 Å². The van der Waals surface area contributed by atoms with E-state index < -0.39 is 33.1 Å². The normalized spacial score (nSPS) is 9.75. The fourth-order valence-corrected chi connectivity index (χ4v) is 0.185. The average molecular weight is 262 g/mol. The SMILES string of the molecule is FCOC(F)(F)COF.OCCF.OCF. The standard InChI is InChI=1S/C3H4F4O2.C2H5FO.CH3FO/c4-2-8-3(5,6)1-9-7;3-1-2-4;2-1-3/h1-2H2;4H,1-2H2;3H,1H2. The molecule has 0 aromatic rings. The minimum atomic E-state index is -3.87. The smallest absolute Gasteiger partial charge is 0.384 e. The Balaban J connectivity index is -0.000000201. The van der Waals surface area contributed by atoms with Crippen LogP contribution in [0.1, 0.15) is 0 Å². The second-order valence-electron chi connectivity index (χ2n) is 1.68. The van der Waals surface area contributed by atoms with Crippen molar-refractivity contribution in [1.82, 2.24) is 0 Å². The summed E-state index contributed by atoms with van der Waals surface area (Å²) in [7, 11) is 0. The van der Waals surface area contributed by atoms with Crippen LogP contribution in [0.2, 0.25) is 0 Å². The lowest BCUT2D eigenvalue weighted by molar-refractivity contribution is -0.312. The van der Waals surface area contributed by atoms with Gasteiger partial charge in [0.25, 0.3) is 0 Å². The molecule has 0 aliphatic carbocycles. The summed E-state index contributed by atoms with van der Waals surface area (Å²) in [6.45, 7) is -5.48. The van der Waals surface area contributed by atoms with Gasteiger partial charge in [0.2, 0.25) is 0 Å². The third kappa shape index (κ3) is 29.2. The predicted octanol–water partition coefficient (Wildman–Crippen LogP) is 1.28. The molecule has 0 aliphatic rings. The van der Waals surface area contributed by atoms with Crippen LogP contribution in [0.25, 0.3) is 0 Å². The van der Waals surface area contributed by atoms with Gasteiger partial charge < -0.3 is 10.2 Å². The highest BCUT2D eigenvalue weighted by Gasteiger charge is 2.31. The molecule has 0 aliphatic heterocycles. The monoisotopic (exact) mass is 262 g/mol. The average Bonchev–Trinajstić information content (AvgIpc) is 2.19. The lowest BCUT2D eigenvalue weighted by Gasteiger charge is -2.10. The van der Waals surface area contributed by atoms with Gasteiger partial charge in [0, 0.05) is 0 Å². The fourth-order valence-electron chi connectivity index (χ4n) is 0.185. The molecular weight excluding hydrogens is 250 g/mol. The van der Waals surface area contributed by atoms with Gasteiger partial charge in [0.1, 0.15) is 6.67 Å². The van der Waals surface area contributed by atoms with Crippen LogP contribution >= 0.6 is 0 Å². The molecule has 0 amide bonds. The zero-order valence-electron chi connectivity index (χ0n) is 8.01. The molecule has 0 fully saturated rings. The molecular formula is C6H12F6O4. The highest BCUT2D eigenvalue weighted by Crippen LogP contribution is 2.15. The molecule has 0 heterocycles.